The van der Waals surface area contributed by atoms with E-state index < -0.39 is 0 Å². The van der Waals surface area contributed by atoms with E-state index in [4.69, 9.17) is 11.5 Å². The number of rotatable bonds is 4. The van der Waals surface area contributed by atoms with Gasteiger partial charge < -0.3 is 11.5 Å². The number of pyridine rings is 1. The Morgan fingerprint density at radius 2 is 2.00 bits per heavy atom. The summed E-state index contributed by atoms with van der Waals surface area (Å²) in [5, 5.41) is 0. The first-order valence-corrected chi connectivity index (χ1v) is 4.23. The van der Waals surface area contributed by atoms with Crippen molar-refractivity contribution >= 4 is 5.96 Å². The Morgan fingerprint density at radius 1 is 1.31 bits per heavy atom. The molecule has 70 valence electrons. The lowest BCUT2D eigenvalue weighted by Crippen LogP contribution is -2.23. The summed E-state index contributed by atoms with van der Waals surface area (Å²) in [5.74, 6) is 0.162. The van der Waals surface area contributed by atoms with Crippen molar-refractivity contribution in [3.8, 4) is 0 Å². The highest BCUT2D eigenvalue weighted by Gasteiger charge is 1.90. The molecule has 0 unspecified atom stereocenters. The van der Waals surface area contributed by atoms with E-state index in [0.717, 1.165) is 12.8 Å². The number of aryl methyl sites for hydroxylation is 1. The molecule has 0 amide bonds. The molecule has 4 nitrogen and oxygen atoms in total. The van der Waals surface area contributed by atoms with Gasteiger partial charge in [0.2, 0.25) is 0 Å². The molecule has 0 aliphatic heterocycles. The molecule has 0 aliphatic rings. The fraction of sp³-hybridized carbons (Fsp3) is 0.333. The highest BCUT2D eigenvalue weighted by Crippen LogP contribution is 2.00. The lowest BCUT2D eigenvalue weighted by Gasteiger charge is -1.97. The summed E-state index contributed by atoms with van der Waals surface area (Å²) in [4.78, 5) is 7.83. The quantitative estimate of drug-likeness (QED) is 0.395. The van der Waals surface area contributed by atoms with E-state index in [0.29, 0.717) is 6.54 Å². The van der Waals surface area contributed by atoms with Crippen LogP contribution in [0, 0.1) is 0 Å². The Bertz CT molecular complexity index is 264. The van der Waals surface area contributed by atoms with Gasteiger partial charge in [-0.15, -0.1) is 0 Å². The topological polar surface area (TPSA) is 77.3 Å². The molecule has 0 atom stereocenters. The number of nitrogens with zero attached hydrogens (tertiary/aromatic N) is 2. The van der Waals surface area contributed by atoms with Crippen LogP contribution in [0.3, 0.4) is 0 Å². The van der Waals surface area contributed by atoms with Crippen molar-refractivity contribution in [1.82, 2.24) is 4.98 Å². The second-order valence-corrected chi connectivity index (χ2v) is 2.77. The van der Waals surface area contributed by atoms with E-state index in [1.165, 1.54) is 5.56 Å². The Morgan fingerprint density at radius 3 is 2.62 bits per heavy atom. The second kappa shape index (κ2) is 5.13. The second-order valence-electron chi connectivity index (χ2n) is 2.77. The van der Waals surface area contributed by atoms with E-state index in [-0.39, 0.29) is 5.96 Å². The Labute approximate surface area is 77.7 Å². The fourth-order valence-electron chi connectivity index (χ4n) is 1.04. The molecule has 0 saturated heterocycles. The van der Waals surface area contributed by atoms with Gasteiger partial charge in [0.1, 0.15) is 0 Å². The van der Waals surface area contributed by atoms with Gasteiger partial charge >= 0.3 is 0 Å². The minimum Gasteiger partial charge on any atom is -0.370 e. The molecule has 4 heteroatoms. The summed E-state index contributed by atoms with van der Waals surface area (Å²) in [6.07, 6.45) is 5.52. The first-order chi connectivity index (χ1) is 6.29. The van der Waals surface area contributed by atoms with Crippen LogP contribution in [-0.2, 0) is 6.42 Å². The zero-order chi connectivity index (χ0) is 9.52. The molecule has 13 heavy (non-hydrogen) atoms. The van der Waals surface area contributed by atoms with Crippen LogP contribution in [0.4, 0.5) is 0 Å². The molecule has 0 saturated carbocycles. The van der Waals surface area contributed by atoms with Crippen molar-refractivity contribution in [3.63, 3.8) is 0 Å². The van der Waals surface area contributed by atoms with Crippen molar-refractivity contribution < 1.29 is 0 Å². The molecule has 1 rings (SSSR count). The summed E-state index contributed by atoms with van der Waals surface area (Å²) in [5.41, 5.74) is 11.6. The molecule has 1 aromatic heterocycles. The van der Waals surface area contributed by atoms with Crippen LogP contribution in [0.15, 0.2) is 29.5 Å². The number of guanidine groups is 1. The van der Waals surface area contributed by atoms with Crippen LogP contribution in [0.1, 0.15) is 12.0 Å². The minimum absolute atomic E-state index is 0.162. The predicted molar refractivity (Wildman–Crippen MR) is 53.2 cm³/mol. The molecule has 1 aromatic rings. The van der Waals surface area contributed by atoms with Gasteiger partial charge in [-0.25, -0.2) is 0 Å². The van der Waals surface area contributed by atoms with Crippen LogP contribution >= 0.6 is 0 Å². The SMILES string of the molecule is NC(N)=NCCCc1ccncc1. The minimum atomic E-state index is 0.162. The van der Waals surface area contributed by atoms with Gasteiger partial charge in [0.05, 0.1) is 0 Å². The molecular weight excluding hydrogens is 164 g/mol. The third-order valence-electron chi connectivity index (χ3n) is 1.67. The summed E-state index contributed by atoms with van der Waals surface area (Å²) in [6.45, 7) is 0.685. The van der Waals surface area contributed by atoms with Crippen LogP contribution in [-0.4, -0.2) is 17.5 Å². The molecule has 0 aromatic carbocycles. The number of aromatic nitrogens is 1. The van der Waals surface area contributed by atoms with Gasteiger partial charge in [-0.3, -0.25) is 9.98 Å². The maximum absolute atomic E-state index is 5.19. The maximum atomic E-state index is 5.19. The summed E-state index contributed by atoms with van der Waals surface area (Å²) in [6, 6.07) is 3.99. The summed E-state index contributed by atoms with van der Waals surface area (Å²) >= 11 is 0. The normalized spacial score (nSPS) is 9.54. The first kappa shape index (κ1) is 9.51. The molecule has 0 radical (unpaired) electrons. The average Bonchev–Trinajstić information content (AvgIpc) is 2.14. The maximum Gasteiger partial charge on any atom is 0.185 e. The molecule has 0 spiro atoms. The zero-order valence-corrected chi connectivity index (χ0v) is 7.48. The van der Waals surface area contributed by atoms with Crippen molar-refractivity contribution in [2.24, 2.45) is 16.5 Å². The standard InChI is InChI=1S/C9H14N4/c10-9(11)13-5-1-2-8-3-6-12-7-4-8/h3-4,6-7H,1-2,5H2,(H4,10,11,13). The van der Waals surface area contributed by atoms with Crippen molar-refractivity contribution in [2.75, 3.05) is 6.54 Å². The highest BCUT2D eigenvalue weighted by atomic mass is 15.0. The number of nitrogens with two attached hydrogens (primary N) is 2. The predicted octanol–water partition coefficient (Wildman–Crippen LogP) is 0.288. The summed E-state index contributed by atoms with van der Waals surface area (Å²) < 4.78 is 0. The van der Waals surface area contributed by atoms with Crippen LogP contribution in [0.25, 0.3) is 0 Å². The van der Waals surface area contributed by atoms with Crippen LogP contribution in [0.2, 0.25) is 0 Å². The average molecular weight is 178 g/mol. The van der Waals surface area contributed by atoms with Crippen molar-refractivity contribution in [3.05, 3.63) is 30.1 Å². The number of hydrogen-bond acceptors (Lipinski definition) is 2. The van der Waals surface area contributed by atoms with E-state index in [9.17, 15) is 0 Å². The molecule has 1 heterocycles. The van der Waals surface area contributed by atoms with Crippen molar-refractivity contribution in [1.29, 1.82) is 0 Å². The van der Waals surface area contributed by atoms with E-state index in [2.05, 4.69) is 9.98 Å². The van der Waals surface area contributed by atoms with Gasteiger partial charge in [-0.1, -0.05) is 0 Å². The fourth-order valence-corrected chi connectivity index (χ4v) is 1.04. The first-order valence-electron chi connectivity index (χ1n) is 4.23. The van der Waals surface area contributed by atoms with Gasteiger partial charge in [0, 0.05) is 18.9 Å². The molecule has 0 bridgehead atoms. The van der Waals surface area contributed by atoms with Gasteiger partial charge in [0.15, 0.2) is 5.96 Å². The Balaban J connectivity index is 2.25. The van der Waals surface area contributed by atoms with E-state index in [1.54, 1.807) is 12.4 Å². The monoisotopic (exact) mass is 178 g/mol. The lowest BCUT2D eigenvalue weighted by atomic mass is 10.1. The molecular formula is C9H14N4. The Kier molecular flexibility index (Phi) is 3.75. The smallest absolute Gasteiger partial charge is 0.185 e. The lowest BCUT2D eigenvalue weighted by molar-refractivity contribution is 0.829. The molecule has 4 N–H and O–H groups in total. The number of aliphatic imine (C=N–C) groups is 1. The van der Waals surface area contributed by atoms with E-state index >= 15 is 0 Å². The third kappa shape index (κ3) is 4.10. The van der Waals surface area contributed by atoms with Crippen molar-refractivity contribution in [2.45, 2.75) is 12.8 Å². The third-order valence-corrected chi connectivity index (χ3v) is 1.67. The van der Waals surface area contributed by atoms with Crippen LogP contribution < -0.4 is 11.5 Å². The summed E-state index contributed by atoms with van der Waals surface area (Å²) in [7, 11) is 0. The van der Waals surface area contributed by atoms with Crippen LogP contribution in [0.5, 0.6) is 0 Å². The molecule has 0 aliphatic carbocycles. The van der Waals surface area contributed by atoms with Gasteiger partial charge in [-0.05, 0) is 30.5 Å². The molecule has 0 fully saturated rings. The Hall–Kier alpha value is -1.58. The largest absolute Gasteiger partial charge is 0.370 e. The zero-order valence-electron chi connectivity index (χ0n) is 7.48. The highest BCUT2D eigenvalue weighted by molar-refractivity contribution is 5.75. The van der Waals surface area contributed by atoms with Gasteiger partial charge in [-0.2, -0.15) is 0 Å². The number of hydrogen-bond donors (Lipinski definition) is 2. The van der Waals surface area contributed by atoms with E-state index in [1.807, 2.05) is 12.1 Å². The van der Waals surface area contributed by atoms with Gasteiger partial charge in [0.25, 0.3) is 0 Å².